The Balaban J connectivity index is 2.00. The Kier molecular flexibility index (Phi) is 4.38. The zero-order valence-electron chi connectivity index (χ0n) is 9.75. The first-order valence-electron chi connectivity index (χ1n) is 5.92. The summed E-state index contributed by atoms with van der Waals surface area (Å²) < 4.78 is 1.22. The number of rotatable bonds is 2. The van der Waals surface area contributed by atoms with E-state index in [0.29, 0.717) is 0 Å². The second-order valence-electron chi connectivity index (χ2n) is 4.64. The minimum Gasteiger partial charge on any atom is -0.315 e. The number of hydrogen-bond donors (Lipinski definition) is 1. The van der Waals surface area contributed by atoms with Gasteiger partial charge < -0.3 is 5.32 Å². The minimum atomic E-state index is 0.741. The molecule has 1 atom stereocenters. The Morgan fingerprint density at radius 3 is 3.06 bits per heavy atom. The van der Waals surface area contributed by atoms with Gasteiger partial charge in [-0.1, -0.05) is 41.1 Å². The van der Waals surface area contributed by atoms with Gasteiger partial charge >= 0.3 is 0 Å². The highest BCUT2D eigenvalue weighted by atomic mass is 79.9. The first-order chi connectivity index (χ1) is 7.75. The number of hydrogen-bond acceptors (Lipinski definition) is 2. The predicted molar refractivity (Wildman–Crippen MR) is 71.5 cm³/mol. The molecule has 88 valence electrons. The van der Waals surface area contributed by atoms with E-state index in [-0.39, 0.29) is 0 Å². The molecule has 3 heteroatoms. The summed E-state index contributed by atoms with van der Waals surface area (Å²) in [5, 5.41) is 3.47. The average molecular weight is 283 g/mol. The highest BCUT2D eigenvalue weighted by Crippen LogP contribution is 2.18. The second kappa shape index (κ2) is 5.80. The smallest absolute Gasteiger partial charge is 0.0245 e. The number of nitrogens with one attached hydrogen (secondary N) is 1. The summed E-state index contributed by atoms with van der Waals surface area (Å²) in [7, 11) is 0. The van der Waals surface area contributed by atoms with Crippen molar-refractivity contribution in [1.82, 2.24) is 10.2 Å². The van der Waals surface area contributed by atoms with Gasteiger partial charge in [-0.2, -0.15) is 0 Å². The molecular weight excluding hydrogens is 264 g/mol. The third-order valence-corrected chi connectivity index (χ3v) is 3.79. The van der Waals surface area contributed by atoms with Gasteiger partial charge in [0.05, 0.1) is 0 Å². The van der Waals surface area contributed by atoms with Gasteiger partial charge in [0.25, 0.3) is 0 Å². The van der Waals surface area contributed by atoms with Crippen LogP contribution in [0.4, 0.5) is 0 Å². The summed E-state index contributed by atoms with van der Waals surface area (Å²) >= 11 is 3.62. The minimum absolute atomic E-state index is 0.741. The maximum Gasteiger partial charge on any atom is 0.0245 e. The van der Waals surface area contributed by atoms with Crippen LogP contribution in [0.2, 0.25) is 0 Å². The SMILES string of the molecule is CC1CNCCN(Cc2ccccc2Br)C1. The van der Waals surface area contributed by atoms with Crippen LogP contribution in [0, 0.1) is 5.92 Å². The summed E-state index contributed by atoms with van der Waals surface area (Å²) in [6.07, 6.45) is 0. The summed E-state index contributed by atoms with van der Waals surface area (Å²) in [6.45, 7) is 7.94. The van der Waals surface area contributed by atoms with E-state index >= 15 is 0 Å². The molecule has 0 radical (unpaired) electrons. The summed E-state index contributed by atoms with van der Waals surface area (Å²) in [5.41, 5.74) is 1.39. The fourth-order valence-electron chi connectivity index (χ4n) is 2.19. The van der Waals surface area contributed by atoms with Crippen LogP contribution in [-0.2, 0) is 6.54 Å². The Bertz CT molecular complexity index is 340. The molecule has 0 aromatic heterocycles. The van der Waals surface area contributed by atoms with Gasteiger partial charge in [0, 0.05) is 30.7 Å². The molecular formula is C13H19BrN2. The van der Waals surface area contributed by atoms with Crippen molar-refractivity contribution in [3.8, 4) is 0 Å². The normalized spacial score (nSPS) is 23.0. The molecule has 1 N–H and O–H groups in total. The largest absolute Gasteiger partial charge is 0.315 e. The molecule has 1 unspecified atom stereocenters. The molecule has 1 aliphatic heterocycles. The third kappa shape index (κ3) is 3.30. The van der Waals surface area contributed by atoms with E-state index in [1.54, 1.807) is 0 Å². The van der Waals surface area contributed by atoms with Gasteiger partial charge in [0.1, 0.15) is 0 Å². The van der Waals surface area contributed by atoms with Gasteiger partial charge in [-0.25, -0.2) is 0 Å². The van der Waals surface area contributed by atoms with Gasteiger partial charge in [-0.3, -0.25) is 4.90 Å². The third-order valence-electron chi connectivity index (χ3n) is 3.02. The molecule has 0 aliphatic carbocycles. The fourth-order valence-corrected chi connectivity index (χ4v) is 2.60. The van der Waals surface area contributed by atoms with Crippen LogP contribution >= 0.6 is 15.9 Å². The van der Waals surface area contributed by atoms with E-state index in [9.17, 15) is 0 Å². The topological polar surface area (TPSA) is 15.3 Å². The van der Waals surface area contributed by atoms with Crippen molar-refractivity contribution in [3.05, 3.63) is 34.3 Å². The van der Waals surface area contributed by atoms with Crippen molar-refractivity contribution in [1.29, 1.82) is 0 Å². The van der Waals surface area contributed by atoms with Crippen LogP contribution in [0.25, 0.3) is 0 Å². The maximum atomic E-state index is 3.62. The van der Waals surface area contributed by atoms with Crippen LogP contribution in [0.15, 0.2) is 28.7 Å². The predicted octanol–water partition coefficient (Wildman–Crippen LogP) is 2.49. The summed E-state index contributed by atoms with van der Waals surface area (Å²) in [6, 6.07) is 8.50. The van der Waals surface area contributed by atoms with Crippen molar-refractivity contribution in [2.45, 2.75) is 13.5 Å². The molecule has 0 bridgehead atoms. The van der Waals surface area contributed by atoms with Gasteiger partial charge in [0.15, 0.2) is 0 Å². The van der Waals surface area contributed by atoms with Crippen LogP contribution in [-0.4, -0.2) is 31.1 Å². The Hall–Kier alpha value is -0.380. The molecule has 2 nitrogen and oxygen atoms in total. The van der Waals surface area contributed by atoms with E-state index in [0.717, 1.165) is 32.1 Å². The van der Waals surface area contributed by atoms with Crippen molar-refractivity contribution >= 4 is 15.9 Å². The molecule has 0 saturated carbocycles. The second-order valence-corrected chi connectivity index (χ2v) is 5.49. The Morgan fingerprint density at radius 2 is 2.25 bits per heavy atom. The Labute approximate surface area is 106 Å². The van der Waals surface area contributed by atoms with Crippen molar-refractivity contribution in [3.63, 3.8) is 0 Å². The lowest BCUT2D eigenvalue weighted by Crippen LogP contribution is -2.29. The molecule has 0 amide bonds. The standard InChI is InChI=1S/C13H19BrN2/c1-11-8-15-6-7-16(9-11)10-12-4-2-3-5-13(12)14/h2-5,11,15H,6-10H2,1H3. The van der Waals surface area contributed by atoms with Gasteiger partial charge in [-0.05, 0) is 24.1 Å². The summed E-state index contributed by atoms with van der Waals surface area (Å²) in [4.78, 5) is 2.53. The van der Waals surface area contributed by atoms with E-state index < -0.39 is 0 Å². The van der Waals surface area contributed by atoms with E-state index in [1.807, 2.05) is 0 Å². The van der Waals surface area contributed by atoms with E-state index in [4.69, 9.17) is 0 Å². The van der Waals surface area contributed by atoms with E-state index in [1.165, 1.54) is 16.6 Å². The number of benzene rings is 1. The molecule has 1 heterocycles. The fraction of sp³-hybridized carbons (Fsp3) is 0.538. The van der Waals surface area contributed by atoms with Crippen molar-refractivity contribution in [2.75, 3.05) is 26.2 Å². The molecule has 0 spiro atoms. The quantitative estimate of drug-likeness (QED) is 0.897. The van der Waals surface area contributed by atoms with Crippen LogP contribution in [0.1, 0.15) is 12.5 Å². The van der Waals surface area contributed by atoms with Gasteiger partial charge in [-0.15, -0.1) is 0 Å². The first kappa shape index (κ1) is 12.1. The van der Waals surface area contributed by atoms with Crippen molar-refractivity contribution < 1.29 is 0 Å². The number of nitrogens with zero attached hydrogens (tertiary/aromatic N) is 1. The monoisotopic (exact) mass is 282 g/mol. The lowest BCUT2D eigenvalue weighted by atomic mass is 10.1. The Morgan fingerprint density at radius 1 is 1.44 bits per heavy atom. The molecule has 2 rings (SSSR count). The maximum absolute atomic E-state index is 3.62. The number of halogens is 1. The summed E-state index contributed by atoms with van der Waals surface area (Å²) in [5.74, 6) is 0.741. The lowest BCUT2D eigenvalue weighted by molar-refractivity contribution is 0.256. The molecule has 1 fully saturated rings. The molecule has 1 saturated heterocycles. The van der Waals surface area contributed by atoms with Crippen LogP contribution in [0.5, 0.6) is 0 Å². The molecule has 1 aliphatic rings. The van der Waals surface area contributed by atoms with Crippen LogP contribution in [0.3, 0.4) is 0 Å². The zero-order chi connectivity index (χ0) is 11.4. The van der Waals surface area contributed by atoms with E-state index in [2.05, 4.69) is 57.3 Å². The van der Waals surface area contributed by atoms with Gasteiger partial charge in [0.2, 0.25) is 0 Å². The lowest BCUT2D eigenvalue weighted by Gasteiger charge is -2.22. The highest BCUT2D eigenvalue weighted by molar-refractivity contribution is 9.10. The first-order valence-corrected chi connectivity index (χ1v) is 6.71. The molecule has 1 aromatic rings. The highest BCUT2D eigenvalue weighted by Gasteiger charge is 2.14. The van der Waals surface area contributed by atoms with Crippen LogP contribution < -0.4 is 5.32 Å². The average Bonchev–Trinajstić information content (AvgIpc) is 2.46. The zero-order valence-corrected chi connectivity index (χ0v) is 11.3. The molecule has 16 heavy (non-hydrogen) atoms. The molecule has 1 aromatic carbocycles. The van der Waals surface area contributed by atoms with Crippen molar-refractivity contribution in [2.24, 2.45) is 5.92 Å².